The van der Waals surface area contributed by atoms with E-state index < -0.39 is 14.6 Å². The van der Waals surface area contributed by atoms with Gasteiger partial charge in [0, 0.05) is 0 Å². The Kier molecular flexibility index (Phi) is 2.46. The van der Waals surface area contributed by atoms with Crippen LogP contribution in [0.25, 0.3) is 0 Å². The fourth-order valence-electron chi connectivity index (χ4n) is 1.44. The molecule has 0 aromatic rings. The second-order valence-electron chi connectivity index (χ2n) is 3.35. The van der Waals surface area contributed by atoms with Gasteiger partial charge in [0.2, 0.25) is 0 Å². The molecule has 1 aliphatic heterocycles. The molecule has 12 heavy (non-hydrogen) atoms. The van der Waals surface area contributed by atoms with E-state index in [4.69, 9.17) is 4.74 Å². The second-order valence-corrected chi connectivity index (χ2v) is 5.97. The van der Waals surface area contributed by atoms with Crippen molar-refractivity contribution >= 4 is 9.84 Å². The highest BCUT2D eigenvalue weighted by molar-refractivity contribution is 7.93. The van der Waals surface area contributed by atoms with Crippen LogP contribution in [0.15, 0.2) is 12.8 Å². The van der Waals surface area contributed by atoms with Gasteiger partial charge in [0.25, 0.3) is 0 Å². The van der Waals surface area contributed by atoms with Crippen LogP contribution in [0.4, 0.5) is 0 Å². The first-order valence-corrected chi connectivity index (χ1v) is 5.62. The van der Waals surface area contributed by atoms with Crippen LogP contribution in [0, 0.1) is 0 Å². The molecule has 0 N–H and O–H groups in total. The van der Waals surface area contributed by atoms with Gasteiger partial charge in [-0.1, -0.05) is 6.58 Å². The minimum absolute atomic E-state index is 0.235. The molecular weight excluding hydrogens is 176 g/mol. The quantitative estimate of drug-likeness (QED) is 0.626. The van der Waals surface area contributed by atoms with Gasteiger partial charge >= 0.3 is 0 Å². The molecule has 0 aliphatic carbocycles. The van der Waals surface area contributed by atoms with Crippen molar-refractivity contribution in [2.45, 2.75) is 24.5 Å². The molecule has 1 heterocycles. The molecule has 0 aromatic carbocycles. The van der Waals surface area contributed by atoms with Gasteiger partial charge in [-0.2, -0.15) is 0 Å². The van der Waals surface area contributed by atoms with E-state index in [1.165, 1.54) is 6.26 Å². The maximum atomic E-state index is 11.5. The predicted octanol–water partition coefficient (Wildman–Crippen LogP) is 1.11. The van der Waals surface area contributed by atoms with Crippen molar-refractivity contribution < 1.29 is 13.2 Å². The lowest BCUT2D eigenvalue weighted by Gasteiger charge is -2.21. The van der Waals surface area contributed by atoms with E-state index in [1.807, 2.05) is 0 Å². The number of hydrogen-bond donors (Lipinski definition) is 0. The zero-order valence-electron chi connectivity index (χ0n) is 7.25. The molecule has 0 bridgehead atoms. The Labute approximate surface area is 73.3 Å². The monoisotopic (exact) mass is 190 g/mol. The number of hydrogen-bond acceptors (Lipinski definition) is 3. The van der Waals surface area contributed by atoms with E-state index in [1.54, 1.807) is 6.92 Å². The molecule has 1 fully saturated rings. The molecule has 0 aromatic heterocycles. The SMILES string of the molecule is C=COCC1(C)CCCS1(=O)=O. The molecule has 3 nitrogen and oxygen atoms in total. The van der Waals surface area contributed by atoms with Crippen molar-refractivity contribution in [3.8, 4) is 0 Å². The summed E-state index contributed by atoms with van der Waals surface area (Å²) in [6.45, 7) is 5.35. The van der Waals surface area contributed by atoms with Gasteiger partial charge in [-0.25, -0.2) is 8.42 Å². The third-order valence-electron chi connectivity index (χ3n) is 2.38. The first kappa shape index (κ1) is 9.58. The summed E-state index contributed by atoms with van der Waals surface area (Å²) in [5.74, 6) is 0.296. The van der Waals surface area contributed by atoms with Gasteiger partial charge in [0.15, 0.2) is 9.84 Å². The number of ether oxygens (including phenoxy) is 1. The van der Waals surface area contributed by atoms with Gasteiger partial charge in [-0.3, -0.25) is 0 Å². The second kappa shape index (κ2) is 3.09. The maximum absolute atomic E-state index is 11.5. The summed E-state index contributed by atoms with van der Waals surface area (Å²) in [7, 11) is -2.93. The average molecular weight is 190 g/mol. The van der Waals surface area contributed by atoms with E-state index in [2.05, 4.69) is 6.58 Å². The minimum Gasteiger partial charge on any atom is -0.500 e. The molecule has 0 radical (unpaired) electrons. The van der Waals surface area contributed by atoms with E-state index >= 15 is 0 Å². The van der Waals surface area contributed by atoms with Crippen LogP contribution >= 0.6 is 0 Å². The average Bonchev–Trinajstić information content (AvgIpc) is 2.24. The van der Waals surface area contributed by atoms with E-state index in [0.29, 0.717) is 12.2 Å². The molecule has 1 aliphatic rings. The zero-order valence-corrected chi connectivity index (χ0v) is 8.06. The Morgan fingerprint density at radius 1 is 1.67 bits per heavy atom. The summed E-state index contributed by atoms with van der Waals surface area (Å²) in [5, 5.41) is 0. The molecule has 1 saturated heterocycles. The Bertz CT molecular complexity index is 268. The van der Waals surface area contributed by atoms with Crippen molar-refractivity contribution in [2.24, 2.45) is 0 Å². The molecule has 0 amide bonds. The molecule has 4 heteroatoms. The summed E-state index contributed by atoms with van der Waals surface area (Å²) < 4.78 is 27.2. The third kappa shape index (κ3) is 1.48. The Balaban J connectivity index is 2.76. The summed E-state index contributed by atoms with van der Waals surface area (Å²) >= 11 is 0. The third-order valence-corrected chi connectivity index (χ3v) is 5.03. The fraction of sp³-hybridized carbons (Fsp3) is 0.750. The van der Waals surface area contributed by atoms with E-state index in [-0.39, 0.29) is 6.61 Å². The van der Waals surface area contributed by atoms with Crippen molar-refractivity contribution in [3.05, 3.63) is 12.8 Å². The standard InChI is InChI=1S/C8H14O3S/c1-3-11-7-8(2)5-4-6-12(8,9)10/h3H,1,4-7H2,2H3. The van der Waals surface area contributed by atoms with Crippen molar-refractivity contribution in [2.75, 3.05) is 12.4 Å². The highest BCUT2D eigenvalue weighted by Gasteiger charge is 2.43. The molecule has 1 rings (SSSR count). The topological polar surface area (TPSA) is 43.4 Å². The van der Waals surface area contributed by atoms with Crippen LogP contribution in [0.2, 0.25) is 0 Å². The largest absolute Gasteiger partial charge is 0.500 e. The van der Waals surface area contributed by atoms with Crippen LogP contribution < -0.4 is 0 Å². The van der Waals surface area contributed by atoms with Crippen molar-refractivity contribution in [1.29, 1.82) is 0 Å². The predicted molar refractivity (Wildman–Crippen MR) is 47.6 cm³/mol. The smallest absolute Gasteiger partial charge is 0.159 e. The van der Waals surface area contributed by atoms with Crippen LogP contribution in [0.3, 0.4) is 0 Å². The number of rotatable bonds is 3. The lowest BCUT2D eigenvalue weighted by molar-refractivity contribution is 0.213. The molecule has 70 valence electrons. The highest BCUT2D eigenvalue weighted by atomic mass is 32.2. The Morgan fingerprint density at radius 3 is 2.75 bits per heavy atom. The summed E-state index contributed by atoms with van der Waals surface area (Å²) in [6.07, 6.45) is 2.74. The van der Waals surface area contributed by atoms with Crippen LogP contribution in [0.1, 0.15) is 19.8 Å². The van der Waals surface area contributed by atoms with E-state index in [9.17, 15) is 8.42 Å². The first-order chi connectivity index (χ1) is 5.52. The molecule has 0 saturated carbocycles. The molecular formula is C8H14O3S. The Morgan fingerprint density at radius 2 is 2.33 bits per heavy atom. The van der Waals surface area contributed by atoms with Crippen molar-refractivity contribution in [1.82, 2.24) is 0 Å². The van der Waals surface area contributed by atoms with Gasteiger partial charge in [-0.05, 0) is 19.8 Å². The van der Waals surface area contributed by atoms with Gasteiger partial charge in [-0.15, -0.1) is 0 Å². The summed E-state index contributed by atoms with van der Waals surface area (Å²) in [6, 6.07) is 0. The lowest BCUT2D eigenvalue weighted by Crippen LogP contribution is -2.35. The fourth-order valence-corrected chi connectivity index (χ4v) is 3.16. The zero-order chi connectivity index (χ0) is 9.24. The van der Waals surface area contributed by atoms with Gasteiger partial charge < -0.3 is 4.74 Å². The minimum atomic E-state index is -2.93. The molecule has 1 atom stereocenters. The Hall–Kier alpha value is -0.510. The van der Waals surface area contributed by atoms with Crippen LogP contribution in [-0.2, 0) is 14.6 Å². The van der Waals surface area contributed by atoms with Crippen molar-refractivity contribution in [3.63, 3.8) is 0 Å². The molecule has 0 spiro atoms. The molecule has 1 unspecified atom stereocenters. The summed E-state index contributed by atoms with van der Waals surface area (Å²) in [5.41, 5.74) is 0. The van der Waals surface area contributed by atoms with Gasteiger partial charge in [0.05, 0.1) is 12.0 Å². The highest BCUT2D eigenvalue weighted by Crippen LogP contribution is 2.31. The van der Waals surface area contributed by atoms with Crippen LogP contribution in [0.5, 0.6) is 0 Å². The van der Waals surface area contributed by atoms with E-state index in [0.717, 1.165) is 6.42 Å². The van der Waals surface area contributed by atoms with Gasteiger partial charge in [0.1, 0.15) is 11.4 Å². The first-order valence-electron chi connectivity index (χ1n) is 3.97. The summed E-state index contributed by atoms with van der Waals surface area (Å²) in [4.78, 5) is 0. The lowest BCUT2D eigenvalue weighted by atomic mass is 10.1. The van der Waals surface area contributed by atoms with Crippen LogP contribution in [-0.4, -0.2) is 25.5 Å². The normalized spacial score (nSPS) is 33.1. The number of sulfone groups is 1. The maximum Gasteiger partial charge on any atom is 0.159 e.